The average Bonchev–Trinajstić information content (AvgIpc) is 3.64. The van der Waals surface area contributed by atoms with Gasteiger partial charge >= 0.3 is 0 Å². The van der Waals surface area contributed by atoms with Gasteiger partial charge in [-0.2, -0.15) is 5.48 Å². The molecule has 1 aliphatic rings. The summed E-state index contributed by atoms with van der Waals surface area (Å²) in [6, 6.07) is 27.5. The van der Waals surface area contributed by atoms with Gasteiger partial charge in [-0.1, -0.05) is 42.5 Å². The topological polar surface area (TPSA) is 210 Å². The van der Waals surface area contributed by atoms with Crippen molar-refractivity contribution in [3.8, 4) is 0 Å². The number of nitrogens with zero attached hydrogens (tertiary/aromatic N) is 6. The van der Waals surface area contributed by atoms with Crippen LogP contribution in [0.4, 0.5) is 17.3 Å². The molecule has 7 rings (SSSR count). The summed E-state index contributed by atoms with van der Waals surface area (Å²) in [4.78, 5) is 45.4. The molecule has 15 nitrogen and oxygen atoms in total. The van der Waals surface area contributed by atoms with E-state index in [0.717, 1.165) is 40.2 Å². The van der Waals surface area contributed by atoms with E-state index in [1.54, 1.807) is 36.2 Å². The maximum absolute atomic E-state index is 13.5. The summed E-state index contributed by atoms with van der Waals surface area (Å²) in [6.07, 6.45) is 6.86. The summed E-state index contributed by atoms with van der Waals surface area (Å²) in [5, 5.41) is 13.1. The number of quaternary nitrogens is 1. The van der Waals surface area contributed by atoms with Crippen molar-refractivity contribution in [2.24, 2.45) is 5.92 Å². The molecular weight excluding hydrogens is 779 g/mol. The zero-order chi connectivity index (χ0) is 39.9. The minimum Gasteiger partial charge on any atom is -0.412 e. The first-order chi connectivity index (χ1) is 27.6. The zero-order valence-electron chi connectivity index (χ0n) is 32.1. The number of amides is 2. The first-order valence-corrected chi connectivity index (χ1v) is 21.0. The molecule has 0 aliphatic carbocycles. The zero-order valence-corrected chi connectivity index (χ0v) is 33.7. The molecule has 17 heteroatoms. The van der Waals surface area contributed by atoms with Crippen LogP contribution in [0.25, 0.3) is 5.65 Å². The highest BCUT2D eigenvalue weighted by atomic mass is 32.2. The number of pyridine rings is 3. The molecule has 0 bridgehead atoms. The molecule has 5 heterocycles. The van der Waals surface area contributed by atoms with E-state index in [2.05, 4.69) is 42.0 Å². The molecule has 2 amide bonds. The minimum atomic E-state index is -4.39. The molecule has 302 valence electrons. The van der Waals surface area contributed by atoms with Crippen molar-refractivity contribution in [2.45, 2.75) is 35.6 Å². The Morgan fingerprint density at radius 3 is 2.55 bits per heavy atom. The molecular formula is C41H46N9O6S2+. The first kappa shape index (κ1) is 41.9. The normalized spacial score (nSPS) is 13.1. The number of benzene rings is 2. The molecule has 58 heavy (non-hydrogen) atoms. The second-order valence-electron chi connectivity index (χ2n) is 14.1. The highest BCUT2D eigenvalue weighted by Gasteiger charge is 2.27. The van der Waals surface area contributed by atoms with Crippen LogP contribution in [0, 0.1) is 5.92 Å². The highest BCUT2D eigenvalue weighted by molar-refractivity contribution is 7.99. The average molecular weight is 825 g/mol. The van der Waals surface area contributed by atoms with E-state index in [0.29, 0.717) is 54.5 Å². The molecule has 4 aromatic heterocycles. The molecule has 1 atom stereocenters. The Labute approximate surface area is 340 Å². The lowest BCUT2D eigenvalue weighted by Gasteiger charge is -2.31. The molecule has 0 spiro atoms. The Morgan fingerprint density at radius 2 is 1.78 bits per heavy atom. The summed E-state index contributed by atoms with van der Waals surface area (Å²) in [7, 11) is -0.356. The molecule has 0 radical (unpaired) electrons. The third-order valence-corrected chi connectivity index (χ3v) is 12.3. The molecule has 0 saturated heterocycles. The van der Waals surface area contributed by atoms with Crippen LogP contribution in [0.2, 0.25) is 0 Å². The summed E-state index contributed by atoms with van der Waals surface area (Å²) in [5.74, 6) is 0.698. The number of anilines is 2. The fourth-order valence-corrected chi connectivity index (χ4v) is 8.74. The van der Waals surface area contributed by atoms with Crippen LogP contribution in [-0.2, 0) is 29.4 Å². The van der Waals surface area contributed by atoms with E-state index >= 15 is 0 Å². The number of rotatable bonds is 15. The van der Waals surface area contributed by atoms with E-state index < -0.39 is 15.9 Å². The van der Waals surface area contributed by atoms with Crippen molar-refractivity contribution in [2.75, 3.05) is 43.2 Å². The summed E-state index contributed by atoms with van der Waals surface area (Å²) >= 11 is 1.74. The molecule has 7 N–H and O–H groups in total. The van der Waals surface area contributed by atoms with Crippen LogP contribution in [-0.4, -0.2) is 88.1 Å². The van der Waals surface area contributed by atoms with Gasteiger partial charge in [0.2, 0.25) is 0 Å². The van der Waals surface area contributed by atoms with Crippen molar-refractivity contribution in [3.63, 3.8) is 0 Å². The van der Waals surface area contributed by atoms with E-state index in [-0.39, 0.29) is 33.6 Å². The van der Waals surface area contributed by atoms with Crippen LogP contribution in [0.15, 0.2) is 119 Å². The first-order valence-electron chi connectivity index (χ1n) is 18.5. The number of hydrogen-bond acceptors (Lipinski definition) is 11. The van der Waals surface area contributed by atoms with Gasteiger partial charge in [0.1, 0.15) is 27.7 Å². The number of sulfonamides is 1. The van der Waals surface area contributed by atoms with Gasteiger partial charge in [0.25, 0.3) is 21.8 Å². The van der Waals surface area contributed by atoms with Gasteiger partial charge in [0.15, 0.2) is 11.5 Å². The summed E-state index contributed by atoms with van der Waals surface area (Å²) in [5.41, 5.74) is 4.66. The van der Waals surface area contributed by atoms with Gasteiger partial charge in [-0.15, -0.1) is 11.8 Å². The highest BCUT2D eigenvalue weighted by Crippen LogP contribution is 2.28. The Balaban J connectivity index is 0.00000567. The van der Waals surface area contributed by atoms with Crippen LogP contribution < -0.4 is 20.4 Å². The lowest BCUT2D eigenvalue weighted by molar-refractivity contribution is -0.826. The molecule has 0 unspecified atom stereocenters. The van der Waals surface area contributed by atoms with Gasteiger partial charge in [-0.25, -0.2) is 28.3 Å². The molecule has 0 saturated carbocycles. The SMILES string of the molecule is CN(C)CC[C@H](CSc1ccccc1)Cc1ncc(S(=O)(=O)NC(=O)c2cccc(N3CCc4cccc(C(=O)Nc5cn6ccccc6n5)c4C3)n2)cc1[NH2+]O.O. The van der Waals surface area contributed by atoms with Crippen LogP contribution in [0.3, 0.4) is 0 Å². The smallest absolute Gasteiger partial charge is 0.283 e. The number of hydrogen-bond donors (Lipinski definition) is 4. The van der Waals surface area contributed by atoms with Crippen molar-refractivity contribution >= 4 is 56.6 Å². The largest absolute Gasteiger partial charge is 0.412 e. The lowest BCUT2D eigenvalue weighted by Crippen LogP contribution is -2.74. The minimum absolute atomic E-state index is 0. The van der Waals surface area contributed by atoms with Gasteiger partial charge < -0.3 is 25.0 Å². The second-order valence-corrected chi connectivity index (χ2v) is 16.9. The fourth-order valence-electron chi connectivity index (χ4n) is 6.74. The number of aromatic nitrogens is 4. The maximum atomic E-state index is 13.5. The Kier molecular flexibility index (Phi) is 13.5. The van der Waals surface area contributed by atoms with Crippen molar-refractivity contribution < 1.29 is 34.2 Å². The van der Waals surface area contributed by atoms with Gasteiger partial charge in [-0.05, 0) is 99.4 Å². The summed E-state index contributed by atoms with van der Waals surface area (Å²) in [6.45, 7) is 1.78. The third-order valence-electron chi connectivity index (χ3n) is 9.76. The number of carbonyl (C=O) groups excluding carboxylic acids is 2. The second kappa shape index (κ2) is 18.7. The standard InChI is InChI=1S/C41H43N9O5S2.H2O/c1-48(2)20-17-28(27-56-30-11-4-3-5-12-30)22-35-36(46-53)23-31(24-42-35)57(54,55)47-41(52)34-14-9-16-38(43-34)50-21-18-29-10-8-13-32(33(29)25-50)40(51)45-37-26-49-19-7-6-15-39(49)44-37;/h3-16,19,23-24,26,28,46,53H,17-18,20-22,25,27H2,1-2H3,(H,45,51)(H,47,52);1H2/p+1/t28-;/m0./s1. The number of nitrogens with two attached hydrogens (primary N) is 1. The van der Waals surface area contributed by atoms with Crippen LogP contribution in [0.1, 0.15) is 44.1 Å². The van der Waals surface area contributed by atoms with E-state index in [1.807, 2.05) is 78.1 Å². The molecule has 0 fully saturated rings. The number of thioether (sulfide) groups is 1. The Morgan fingerprint density at radius 1 is 0.983 bits per heavy atom. The van der Waals surface area contributed by atoms with Crippen LogP contribution >= 0.6 is 11.8 Å². The molecule has 2 aromatic carbocycles. The fraction of sp³-hybridized carbons (Fsp3) is 0.244. The lowest BCUT2D eigenvalue weighted by atomic mass is 9.94. The van der Waals surface area contributed by atoms with E-state index in [9.17, 15) is 23.2 Å². The van der Waals surface area contributed by atoms with Gasteiger partial charge in [0.05, 0.1) is 6.20 Å². The monoisotopic (exact) mass is 824 g/mol. The predicted molar refractivity (Wildman–Crippen MR) is 222 cm³/mol. The van der Waals surface area contributed by atoms with E-state index in [1.165, 1.54) is 18.3 Å². The van der Waals surface area contributed by atoms with Gasteiger partial charge in [-0.3, -0.25) is 14.6 Å². The van der Waals surface area contributed by atoms with Crippen molar-refractivity contribution in [1.29, 1.82) is 0 Å². The molecule has 1 aliphatic heterocycles. The Bertz CT molecular complexity index is 2470. The third kappa shape index (κ3) is 10.1. The quantitative estimate of drug-likeness (QED) is 0.0867. The summed E-state index contributed by atoms with van der Waals surface area (Å²) < 4.78 is 31.0. The maximum Gasteiger partial charge on any atom is 0.283 e. The van der Waals surface area contributed by atoms with Crippen LogP contribution in [0.5, 0.6) is 0 Å². The van der Waals surface area contributed by atoms with Crippen molar-refractivity contribution in [1.82, 2.24) is 29.0 Å². The Hall–Kier alpha value is -5.69. The molecule has 6 aromatic rings. The number of fused-ring (bicyclic) bond motifs is 2. The van der Waals surface area contributed by atoms with Crippen molar-refractivity contribution in [3.05, 3.63) is 138 Å². The number of nitrogens with one attached hydrogen (secondary N) is 2. The van der Waals surface area contributed by atoms with Gasteiger partial charge in [0, 0.05) is 47.8 Å². The van der Waals surface area contributed by atoms with E-state index in [4.69, 9.17) is 0 Å². The number of imidazole rings is 1. The number of carbonyl (C=O) groups is 2. The predicted octanol–water partition coefficient (Wildman–Crippen LogP) is 3.72.